The molecule has 34 heavy (non-hydrogen) atoms. The van der Waals surface area contributed by atoms with Crippen molar-refractivity contribution in [2.75, 3.05) is 47.3 Å². The number of nitrogens with one attached hydrogen (secondary N) is 1. The number of rotatable bonds is 12. The third kappa shape index (κ3) is 9.95. The maximum atomic E-state index is 3.23. The highest BCUT2D eigenvalue weighted by molar-refractivity contribution is 5.86. The van der Waals surface area contributed by atoms with Gasteiger partial charge in [0.05, 0.1) is 6.04 Å². The van der Waals surface area contributed by atoms with Crippen molar-refractivity contribution >= 4 is 37.2 Å². The molecule has 0 aliphatic carbocycles. The molecule has 1 atom stereocenters. The first-order chi connectivity index (χ1) is 15.2. The molecular formula is C28H40Cl3N3. The second-order valence-corrected chi connectivity index (χ2v) is 8.40. The first-order valence-corrected chi connectivity index (χ1v) is 11.4. The van der Waals surface area contributed by atoms with E-state index in [9.17, 15) is 0 Å². The molecule has 1 unspecified atom stereocenters. The monoisotopic (exact) mass is 523 g/mol. The zero-order valence-corrected chi connectivity index (χ0v) is 23.0. The normalized spacial score (nSPS) is 11.3. The Morgan fingerprint density at radius 3 is 1.71 bits per heavy atom. The Labute approximate surface area is 225 Å². The lowest BCUT2D eigenvalue weighted by molar-refractivity contribution is 0.246. The van der Waals surface area contributed by atoms with Gasteiger partial charge in [-0.1, -0.05) is 84.9 Å². The molecule has 0 saturated heterocycles. The summed E-state index contributed by atoms with van der Waals surface area (Å²) in [5.74, 6) is 0. The van der Waals surface area contributed by atoms with Crippen molar-refractivity contribution in [3.05, 3.63) is 96.1 Å². The van der Waals surface area contributed by atoms with Gasteiger partial charge in [0.25, 0.3) is 0 Å². The van der Waals surface area contributed by atoms with Crippen molar-refractivity contribution in [3.63, 3.8) is 0 Å². The van der Waals surface area contributed by atoms with Crippen molar-refractivity contribution in [1.82, 2.24) is 15.1 Å². The highest BCUT2D eigenvalue weighted by Gasteiger charge is 2.19. The third-order valence-corrected chi connectivity index (χ3v) is 5.91. The fraction of sp³-hybridized carbons (Fsp3) is 0.357. The van der Waals surface area contributed by atoms with Gasteiger partial charge in [-0.25, -0.2) is 0 Å². The molecule has 0 fully saturated rings. The number of benzene rings is 3. The lowest BCUT2D eigenvalue weighted by Gasteiger charge is -2.30. The smallest absolute Gasteiger partial charge is 0.0599 e. The van der Waals surface area contributed by atoms with Crippen LogP contribution in [0.3, 0.4) is 0 Å². The fourth-order valence-electron chi connectivity index (χ4n) is 4.18. The Hall–Kier alpha value is -1.59. The van der Waals surface area contributed by atoms with Gasteiger partial charge < -0.3 is 10.2 Å². The van der Waals surface area contributed by atoms with Gasteiger partial charge in [0.2, 0.25) is 0 Å². The van der Waals surface area contributed by atoms with Crippen LogP contribution in [-0.4, -0.2) is 57.1 Å². The van der Waals surface area contributed by atoms with Crippen LogP contribution in [-0.2, 0) is 0 Å². The van der Waals surface area contributed by atoms with Gasteiger partial charge in [-0.15, -0.1) is 37.2 Å². The molecule has 3 nitrogen and oxygen atoms in total. The molecule has 0 amide bonds. The molecule has 0 aromatic heterocycles. The van der Waals surface area contributed by atoms with Crippen LogP contribution < -0.4 is 5.32 Å². The maximum Gasteiger partial charge on any atom is 0.0599 e. The Morgan fingerprint density at radius 2 is 1.12 bits per heavy atom. The van der Waals surface area contributed by atoms with Crippen LogP contribution in [0.1, 0.15) is 30.0 Å². The van der Waals surface area contributed by atoms with Crippen molar-refractivity contribution in [2.45, 2.75) is 18.9 Å². The van der Waals surface area contributed by atoms with Crippen molar-refractivity contribution in [3.8, 4) is 11.1 Å². The van der Waals surface area contributed by atoms with E-state index in [1.165, 1.54) is 28.7 Å². The van der Waals surface area contributed by atoms with E-state index < -0.39 is 0 Å². The number of hydrogen-bond acceptors (Lipinski definition) is 3. The third-order valence-electron chi connectivity index (χ3n) is 5.91. The van der Waals surface area contributed by atoms with Crippen LogP contribution >= 0.6 is 37.2 Å². The van der Waals surface area contributed by atoms with E-state index in [2.05, 4.69) is 114 Å². The summed E-state index contributed by atoms with van der Waals surface area (Å²) in [5.41, 5.74) is 5.22. The molecule has 0 saturated carbocycles. The minimum Gasteiger partial charge on any atom is -0.320 e. The molecule has 3 aromatic rings. The molecule has 0 aliphatic rings. The van der Waals surface area contributed by atoms with Gasteiger partial charge in [0.15, 0.2) is 0 Å². The van der Waals surface area contributed by atoms with Gasteiger partial charge in [-0.05, 0) is 82.4 Å². The van der Waals surface area contributed by atoms with Gasteiger partial charge in [0.1, 0.15) is 0 Å². The van der Waals surface area contributed by atoms with Crippen LogP contribution in [0.25, 0.3) is 11.1 Å². The van der Waals surface area contributed by atoms with E-state index in [0.29, 0.717) is 0 Å². The summed E-state index contributed by atoms with van der Waals surface area (Å²) in [7, 11) is 6.50. The Bertz CT molecular complexity index is 876. The van der Waals surface area contributed by atoms with Crippen LogP contribution in [0.5, 0.6) is 0 Å². The molecule has 0 radical (unpaired) electrons. The van der Waals surface area contributed by atoms with Crippen LogP contribution in [0.15, 0.2) is 84.9 Å². The van der Waals surface area contributed by atoms with E-state index >= 15 is 0 Å². The van der Waals surface area contributed by atoms with E-state index in [4.69, 9.17) is 0 Å². The van der Waals surface area contributed by atoms with E-state index in [1.54, 1.807) is 0 Å². The van der Waals surface area contributed by atoms with Crippen molar-refractivity contribution < 1.29 is 0 Å². The largest absolute Gasteiger partial charge is 0.320 e. The minimum absolute atomic E-state index is 0. The maximum absolute atomic E-state index is 3.23. The molecule has 3 aromatic carbocycles. The molecule has 0 heterocycles. The highest BCUT2D eigenvalue weighted by Crippen LogP contribution is 2.29. The van der Waals surface area contributed by atoms with Gasteiger partial charge in [0, 0.05) is 0 Å². The number of halogens is 3. The molecule has 1 N–H and O–H groups in total. The van der Waals surface area contributed by atoms with Gasteiger partial charge in [-0.2, -0.15) is 0 Å². The summed E-state index contributed by atoms with van der Waals surface area (Å²) in [4.78, 5) is 4.94. The summed E-state index contributed by atoms with van der Waals surface area (Å²) in [5, 5.41) is 3.23. The highest BCUT2D eigenvalue weighted by atomic mass is 35.5. The van der Waals surface area contributed by atoms with Crippen molar-refractivity contribution in [1.29, 1.82) is 0 Å². The molecule has 0 bridgehead atoms. The minimum atomic E-state index is 0. The zero-order valence-electron chi connectivity index (χ0n) is 20.5. The van der Waals surface area contributed by atoms with E-state index in [1.807, 2.05) is 7.05 Å². The van der Waals surface area contributed by atoms with Crippen LogP contribution in [0.2, 0.25) is 0 Å². The second-order valence-electron chi connectivity index (χ2n) is 8.40. The zero-order chi connectivity index (χ0) is 21.9. The lowest BCUT2D eigenvalue weighted by atomic mass is 9.95. The topological polar surface area (TPSA) is 18.5 Å². The van der Waals surface area contributed by atoms with Gasteiger partial charge >= 0.3 is 0 Å². The molecular weight excluding hydrogens is 485 g/mol. The summed E-state index contributed by atoms with van der Waals surface area (Å²) in [6.45, 7) is 4.42. The SMILES string of the molecule is CNCCCN(C)CCCN(C)C(c1ccccc1)c1ccc(-c2ccccc2)cc1.Cl.Cl.Cl. The summed E-state index contributed by atoms with van der Waals surface area (Å²) in [6.07, 6.45) is 2.36. The Morgan fingerprint density at radius 1 is 0.618 bits per heavy atom. The van der Waals surface area contributed by atoms with Crippen LogP contribution in [0.4, 0.5) is 0 Å². The quantitative estimate of drug-likeness (QED) is 0.270. The average molecular weight is 525 g/mol. The van der Waals surface area contributed by atoms with Gasteiger partial charge in [-0.3, -0.25) is 4.90 Å². The van der Waals surface area contributed by atoms with E-state index in [0.717, 1.165) is 32.6 Å². The molecule has 6 heteroatoms. The molecule has 0 spiro atoms. The first-order valence-electron chi connectivity index (χ1n) is 11.4. The summed E-state index contributed by atoms with van der Waals surface area (Å²) >= 11 is 0. The van der Waals surface area contributed by atoms with Crippen LogP contribution in [0, 0.1) is 0 Å². The first kappa shape index (κ1) is 32.4. The Kier molecular flexibility index (Phi) is 17.0. The molecule has 0 aliphatic heterocycles. The number of hydrogen-bond donors (Lipinski definition) is 1. The molecule has 188 valence electrons. The summed E-state index contributed by atoms with van der Waals surface area (Å²) in [6, 6.07) is 30.8. The second kappa shape index (κ2) is 17.8. The standard InChI is InChI=1S/C28H37N3.3ClH/c1-29-20-10-21-30(2)22-11-23-31(3)28(26-14-8-5-9-15-26)27-18-16-25(17-19-27)24-12-6-4-7-13-24;;;/h4-9,12-19,28-29H,10-11,20-23H2,1-3H3;3*1H. The van der Waals surface area contributed by atoms with E-state index in [-0.39, 0.29) is 43.3 Å². The summed E-state index contributed by atoms with van der Waals surface area (Å²) < 4.78 is 0. The molecule has 3 rings (SSSR count). The number of nitrogens with zero attached hydrogens (tertiary/aromatic N) is 2. The van der Waals surface area contributed by atoms with Crippen molar-refractivity contribution in [2.24, 2.45) is 0 Å². The predicted molar refractivity (Wildman–Crippen MR) is 155 cm³/mol. The average Bonchev–Trinajstić information content (AvgIpc) is 2.81. The Balaban J connectivity index is 0.00000363. The fourth-order valence-corrected chi connectivity index (χ4v) is 4.18. The lowest BCUT2D eigenvalue weighted by Crippen LogP contribution is -2.30. The predicted octanol–water partition coefficient (Wildman–Crippen LogP) is 6.57.